The van der Waals surface area contributed by atoms with Crippen LogP contribution in [0.5, 0.6) is 0 Å². The van der Waals surface area contributed by atoms with Crippen molar-refractivity contribution in [2.75, 3.05) is 6.54 Å². The number of carbonyl (C=O) groups is 1. The number of hydrogen-bond acceptors (Lipinski definition) is 2. The van der Waals surface area contributed by atoms with Crippen molar-refractivity contribution in [3.63, 3.8) is 0 Å². The highest BCUT2D eigenvalue weighted by atomic mass is 32.1. The quantitative estimate of drug-likeness (QED) is 0.557. The predicted octanol–water partition coefficient (Wildman–Crippen LogP) is 4.60. The van der Waals surface area contributed by atoms with Crippen LogP contribution in [0.25, 0.3) is 10.9 Å². The Bertz CT molecular complexity index is 1030. The molecule has 1 unspecified atom stereocenters. The Hall–Kier alpha value is -2.79. The van der Waals surface area contributed by atoms with E-state index in [1.807, 2.05) is 29.4 Å². The number of para-hydroxylation sites is 1. The van der Waals surface area contributed by atoms with Crippen molar-refractivity contribution >= 4 is 28.1 Å². The van der Waals surface area contributed by atoms with Crippen LogP contribution in [-0.2, 0) is 17.8 Å². The summed E-state index contributed by atoms with van der Waals surface area (Å²) in [6.07, 6.45) is 5.49. The normalized spacial score (nSPS) is 15.0. The molecule has 5 rings (SSSR count). The van der Waals surface area contributed by atoms with Gasteiger partial charge in [-0.15, -0.1) is 0 Å². The maximum atomic E-state index is 13.1. The van der Waals surface area contributed by atoms with Crippen molar-refractivity contribution in [3.8, 4) is 0 Å². The first kappa shape index (κ1) is 16.4. The summed E-state index contributed by atoms with van der Waals surface area (Å²) in [4.78, 5) is 18.6. The molecule has 0 aliphatic carbocycles. The maximum absolute atomic E-state index is 13.1. The topological polar surface area (TPSA) is 41.0 Å². The molecule has 0 fully saturated rings. The molecule has 0 saturated heterocycles. The van der Waals surface area contributed by atoms with E-state index in [4.69, 9.17) is 0 Å². The van der Waals surface area contributed by atoms with E-state index in [1.54, 1.807) is 11.3 Å². The summed E-state index contributed by atoms with van der Waals surface area (Å²) in [6, 6.07) is 14.6. The summed E-state index contributed by atoms with van der Waals surface area (Å²) in [6.45, 7) is 1.46. The van der Waals surface area contributed by atoms with Crippen LogP contribution in [0.1, 0.15) is 29.3 Å². The third kappa shape index (κ3) is 2.98. The van der Waals surface area contributed by atoms with E-state index in [1.165, 1.54) is 27.7 Å². The molecule has 1 atom stereocenters. The van der Waals surface area contributed by atoms with Gasteiger partial charge in [0, 0.05) is 35.5 Å². The number of fused-ring (bicyclic) bond motifs is 3. The van der Waals surface area contributed by atoms with Gasteiger partial charge >= 0.3 is 0 Å². The average Bonchev–Trinajstić information content (AvgIpc) is 3.46. The molecule has 4 heterocycles. The van der Waals surface area contributed by atoms with Crippen LogP contribution >= 0.6 is 11.3 Å². The zero-order chi connectivity index (χ0) is 18.2. The number of hydrogen-bond donors (Lipinski definition) is 1. The third-order valence-electron chi connectivity index (χ3n) is 5.52. The average molecular weight is 375 g/mol. The smallest absolute Gasteiger partial charge is 0.225 e. The van der Waals surface area contributed by atoms with E-state index in [0.717, 1.165) is 13.0 Å². The zero-order valence-corrected chi connectivity index (χ0v) is 15.8. The number of thiophene rings is 1. The number of aromatic amines is 1. The van der Waals surface area contributed by atoms with Crippen LogP contribution in [-0.4, -0.2) is 26.9 Å². The molecule has 0 saturated carbocycles. The Morgan fingerprint density at radius 2 is 2.00 bits per heavy atom. The van der Waals surface area contributed by atoms with Crippen molar-refractivity contribution < 1.29 is 4.79 Å². The van der Waals surface area contributed by atoms with Crippen molar-refractivity contribution in [1.29, 1.82) is 0 Å². The standard InChI is InChI=1S/C22H21N3OS/c26-22(13-21(16-8-12-27-15-16)24-9-3-4-10-24)25-11-7-18-17-5-1-2-6-19(17)23-20(18)14-25/h1-6,8-10,12,15,21,23H,7,11,13-14H2. The van der Waals surface area contributed by atoms with Gasteiger partial charge in [-0.3, -0.25) is 4.79 Å². The van der Waals surface area contributed by atoms with Gasteiger partial charge in [-0.25, -0.2) is 0 Å². The summed E-state index contributed by atoms with van der Waals surface area (Å²) in [5.41, 5.74) is 4.92. The number of benzene rings is 1. The molecule has 5 heteroatoms. The lowest BCUT2D eigenvalue weighted by Crippen LogP contribution is -2.37. The molecule has 1 aromatic carbocycles. The summed E-state index contributed by atoms with van der Waals surface area (Å²) in [5.74, 6) is 0.212. The summed E-state index contributed by atoms with van der Waals surface area (Å²) < 4.78 is 2.14. The highest BCUT2D eigenvalue weighted by molar-refractivity contribution is 7.08. The van der Waals surface area contributed by atoms with Gasteiger partial charge in [-0.2, -0.15) is 11.3 Å². The van der Waals surface area contributed by atoms with Crippen LogP contribution in [0.2, 0.25) is 0 Å². The molecule has 1 aliphatic heterocycles. The molecule has 27 heavy (non-hydrogen) atoms. The minimum absolute atomic E-state index is 0.0582. The Labute approximate surface area is 162 Å². The van der Waals surface area contributed by atoms with Gasteiger partial charge in [0.1, 0.15) is 0 Å². The van der Waals surface area contributed by atoms with Crippen LogP contribution in [0.3, 0.4) is 0 Å². The Morgan fingerprint density at radius 1 is 1.15 bits per heavy atom. The van der Waals surface area contributed by atoms with Crippen molar-refractivity contribution in [3.05, 3.63) is 82.4 Å². The zero-order valence-electron chi connectivity index (χ0n) is 15.0. The lowest BCUT2D eigenvalue weighted by Gasteiger charge is -2.29. The van der Waals surface area contributed by atoms with Gasteiger partial charge < -0.3 is 14.5 Å². The monoisotopic (exact) mass is 375 g/mol. The number of nitrogens with one attached hydrogen (secondary N) is 1. The lowest BCUT2D eigenvalue weighted by atomic mass is 10.0. The van der Waals surface area contributed by atoms with Crippen LogP contribution in [0.4, 0.5) is 0 Å². The largest absolute Gasteiger partial charge is 0.357 e. The van der Waals surface area contributed by atoms with Crippen LogP contribution in [0.15, 0.2) is 65.6 Å². The molecular formula is C22H21N3OS. The van der Waals surface area contributed by atoms with Gasteiger partial charge in [-0.1, -0.05) is 18.2 Å². The fraction of sp³-hybridized carbons (Fsp3) is 0.227. The van der Waals surface area contributed by atoms with E-state index < -0.39 is 0 Å². The fourth-order valence-corrected chi connectivity index (χ4v) is 4.82. The number of aromatic nitrogens is 2. The summed E-state index contributed by atoms with van der Waals surface area (Å²) in [5, 5.41) is 5.51. The minimum atomic E-state index is 0.0582. The second-order valence-electron chi connectivity index (χ2n) is 7.10. The van der Waals surface area contributed by atoms with E-state index in [-0.39, 0.29) is 11.9 Å². The second kappa shape index (κ2) is 6.74. The van der Waals surface area contributed by atoms with Crippen LogP contribution < -0.4 is 0 Å². The van der Waals surface area contributed by atoms with Crippen molar-refractivity contribution in [2.45, 2.75) is 25.4 Å². The van der Waals surface area contributed by atoms with Crippen LogP contribution in [0, 0.1) is 0 Å². The van der Waals surface area contributed by atoms with Gasteiger partial charge in [0.25, 0.3) is 0 Å². The Balaban J connectivity index is 1.38. The molecule has 4 nitrogen and oxygen atoms in total. The maximum Gasteiger partial charge on any atom is 0.225 e. The summed E-state index contributed by atoms with van der Waals surface area (Å²) in [7, 11) is 0. The first-order valence-electron chi connectivity index (χ1n) is 9.30. The first-order chi connectivity index (χ1) is 13.3. The molecule has 4 aromatic rings. The number of H-pyrrole nitrogens is 1. The van der Waals surface area contributed by atoms with Crippen molar-refractivity contribution in [2.24, 2.45) is 0 Å². The third-order valence-corrected chi connectivity index (χ3v) is 6.22. The van der Waals surface area contributed by atoms with Crippen molar-refractivity contribution in [1.82, 2.24) is 14.5 Å². The predicted molar refractivity (Wildman–Crippen MR) is 109 cm³/mol. The van der Waals surface area contributed by atoms with E-state index >= 15 is 0 Å². The van der Waals surface area contributed by atoms with Gasteiger partial charge in [-0.05, 0) is 52.6 Å². The van der Waals surface area contributed by atoms with Gasteiger partial charge in [0.2, 0.25) is 5.91 Å². The molecular weight excluding hydrogens is 354 g/mol. The SMILES string of the molecule is O=C(CC(c1ccsc1)n1cccc1)N1CCc2c([nH]c3ccccc23)C1. The Morgan fingerprint density at radius 3 is 2.81 bits per heavy atom. The highest BCUT2D eigenvalue weighted by Gasteiger charge is 2.26. The van der Waals surface area contributed by atoms with E-state index in [2.05, 4.69) is 50.6 Å². The highest BCUT2D eigenvalue weighted by Crippen LogP contribution is 2.30. The molecule has 1 amide bonds. The molecule has 1 aliphatic rings. The minimum Gasteiger partial charge on any atom is -0.357 e. The lowest BCUT2D eigenvalue weighted by molar-refractivity contribution is -0.132. The number of rotatable bonds is 4. The number of carbonyl (C=O) groups excluding carboxylic acids is 1. The first-order valence-corrected chi connectivity index (χ1v) is 10.2. The molecule has 0 bridgehead atoms. The second-order valence-corrected chi connectivity index (χ2v) is 7.88. The van der Waals surface area contributed by atoms with Gasteiger partial charge in [0.15, 0.2) is 0 Å². The number of nitrogens with zero attached hydrogens (tertiary/aromatic N) is 2. The fourth-order valence-electron chi connectivity index (χ4n) is 4.12. The van der Waals surface area contributed by atoms with Gasteiger partial charge in [0.05, 0.1) is 19.0 Å². The Kier molecular flexibility index (Phi) is 4.09. The summed E-state index contributed by atoms with van der Waals surface area (Å²) >= 11 is 1.68. The van der Waals surface area contributed by atoms with E-state index in [0.29, 0.717) is 13.0 Å². The molecule has 0 radical (unpaired) electrons. The molecule has 1 N–H and O–H groups in total. The van der Waals surface area contributed by atoms with E-state index in [9.17, 15) is 4.79 Å². The molecule has 3 aromatic heterocycles. The number of amides is 1. The molecule has 0 spiro atoms. The molecule has 136 valence electrons.